The van der Waals surface area contributed by atoms with Gasteiger partial charge in [-0.15, -0.1) is 0 Å². The number of halogens is 2. The van der Waals surface area contributed by atoms with Gasteiger partial charge in [-0.3, -0.25) is 14.9 Å². The molecule has 1 aliphatic heterocycles. The van der Waals surface area contributed by atoms with Crippen LogP contribution in [0.15, 0.2) is 86.8 Å². The number of amides is 1. The Hall–Kier alpha value is -2.84. The second-order valence-corrected chi connectivity index (χ2v) is 8.61. The fourth-order valence-corrected chi connectivity index (χ4v) is 3.87. The van der Waals surface area contributed by atoms with Crippen LogP contribution in [0.2, 0.25) is 0 Å². The summed E-state index contributed by atoms with van der Waals surface area (Å²) in [5.41, 5.74) is 2.75. The van der Waals surface area contributed by atoms with Gasteiger partial charge in [0.15, 0.2) is 0 Å². The molecule has 0 fully saturated rings. The minimum absolute atomic E-state index is 0.127. The fourth-order valence-electron chi connectivity index (χ4n) is 3.34. The Kier molecular flexibility index (Phi) is 5.78. The van der Waals surface area contributed by atoms with Crippen LogP contribution in [-0.4, -0.2) is 21.6 Å². The minimum atomic E-state index is -0.510. The monoisotopic (exact) mass is 527 g/mol. The lowest BCUT2D eigenvalue weighted by atomic mass is 9.98. The van der Waals surface area contributed by atoms with E-state index in [-0.39, 0.29) is 23.2 Å². The maximum atomic E-state index is 13.3. The molecule has 150 valence electrons. The summed E-state index contributed by atoms with van der Waals surface area (Å²) < 4.78 is 1.90. The first-order chi connectivity index (χ1) is 14.4. The number of hydrogen-bond donors (Lipinski definition) is 0. The predicted molar refractivity (Wildman–Crippen MR) is 121 cm³/mol. The lowest BCUT2D eigenvalue weighted by molar-refractivity contribution is -0.384. The van der Waals surface area contributed by atoms with Crippen LogP contribution in [0.5, 0.6) is 0 Å². The topological polar surface area (TPSA) is 75.8 Å². The molecule has 1 heterocycles. The first-order valence-corrected chi connectivity index (χ1v) is 10.7. The van der Waals surface area contributed by atoms with Gasteiger partial charge in [-0.05, 0) is 41.5 Å². The molecule has 1 aliphatic rings. The maximum absolute atomic E-state index is 13.3. The standard InChI is InChI=1S/C22H15Br2N3O3/c23-17-8-4-14(5-9-17)20-13-21(15-6-10-18(24)11-7-15)26(25-20)22(28)16-2-1-3-19(12-16)27(29)30/h1-12,21H,13H2. The van der Waals surface area contributed by atoms with E-state index in [1.165, 1.54) is 23.2 Å². The van der Waals surface area contributed by atoms with Crippen molar-refractivity contribution < 1.29 is 9.72 Å². The first-order valence-electron chi connectivity index (χ1n) is 9.09. The van der Waals surface area contributed by atoms with Crippen molar-refractivity contribution in [3.63, 3.8) is 0 Å². The van der Waals surface area contributed by atoms with E-state index in [2.05, 4.69) is 37.0 Å². The third-order valence-corrected chi connectivity index (χ3v) is 5.91. The summed E-state index contributed by atoms with van der Waals surface area (Å²) >= 11 is 6.86. The van der Waals surface area contributed by atoms with Crippen molar-refractivity contribution in [3.8, 4) is 0 Å². The molecular weight excluding hydrogens is 514 g/mol. The van der Waals surface area contributed by atoms with Crippen molar-refractivity contribution in [2.75, 3.05) is 0 Å². The highest BCUT2D eigenvalue weighted by molar-refractivity contribution is 9.10. The molecule has 0 spiro atoms. The summed E-state index contributed by atoms with van der Waals surface area (Å²) in [4.78, 5) is 23.9. The van der Waals surface area contributed by atoms with Gasteiger partial charge in [-0.25, -0.2) is 5.01 Å². The largest absolute Gasteiger partial charge is 0.274 e. The number of carbonyl (C=O) groups excluding carboxylic acids is 1. The lowest BCUT2D eigenvalue weighted by Gasteiger charge is -2.22. The van der Waals surface area contributed by atoms with Gasteiger partial charge >= 0.3 is 0 Å². The van der Waals surface area contributed by atoms with Crippen LogP contribution in [0, 0.1) is 10.1 Å². The maximum Gasteiger partial charge on any atom is 0.274 e. The van der Waals surface area contributed by atoms with Gasteiger partial charge in [0.1, 0.15) is 0 Å². The third kappa shape index (κ3) is 4.20. The highest BCUT2D eigenvalue weighted by Crippen LogP contribution is 2.35. The molecule has 3 aromatic carbocycles. The van der Waals surface area contributed by atoms with Gasteiger partial charge in [0.05, 0.1) is 16.7 Å². The molecule has 4 rings (SSSR count). The Labute approximate surface area is 189 Å². The SMILES string of the molecule is O=C(c1cccc([N+](=O)[O-])c1)N1N=C(c2ccc(Br)cc2)CC1c1ccc(Br)cc1. The molecule has 0 saturated heterocycles. The second-order valence-electron chi connectivity index (χ2n) is 6.78. The zero-order valence-electron chi connectivity index (χ0n) is 15.5. The van der Waals surface area contributed by atoms with E-state index in [0.29, 0.717) is 6.42 Å². The minimum Gasteiger partial charge on any atom is -0.267 e. The van der Waals surface area contributed by atoms with Gasteiger partial charge < -0.3 is 0 Å². The average Bonchev–Trinajstić information content (AvgIpc) is 3.19. The van der Waals surface area contributed by atoms with Crippen LogP contribution < -0.4 is 0 Å². The van der Waals surface area contributed by atoms with E-state index in [1.54, 1.807) is 6.07 Å². The van der Waals surface area contributed by atoms with Gasteiger partial charge in [0.2, 0.25) is 0 Å². The molecule has 1 unspecified atom stereocenters. The van der Waals surface area contributed by atoms with Crippen molar-refractivity contribution in [2.24, 2.45) is 5.10 Å². The van der Waals surface area contributed by atoms with E-state index in [1.807, 2.05) is 48.5 Å². The molecule has 0 radical (unpaired) electrons. The number of rotatable bonds is 4. The number of carbonyl (C=O) groups is 1. The summed E-state index contributed by atoms with van der Waals surface area (Å²) in [6, 6.07) is 20.9. The van der Waals surface area contributed by atoms with Gasteiger partial charge in [0, 0.05) is 33.1 Å². The van der Waals surface area contributed by atoms with Crippen LogP contribution in [0.1, 0.15) is 33.9 Å². The molecule has 30 heavy (non-hydrogen) atoms. The van der Waals surface area contributed by atoms with Gasteiger partial charge in [-0.1, -0.05) is 62.2 Å². The molecule has 6 nitrogen and oxygen atoms in total. The number of nitrogens with zero attached hydrogens (tertiary/aromatic N) is 3. The molecule has 1 amide bonds. The van der Waals surface area contributed by atoms with Crippen LogP contribution in [0.25, 0.3) is 0 Å². The van der Waals surface area contributed by atoms with E-state index >= 15 is 0 Å². The van der Waals surface area contributed by atoms with Crippen molar-refractivity contribution >= 4 is 49.2 Å². The van der Waals surface area contributed by atoms with E-state index in [9.17, 15) is 14.9 Å². The predicted octanol–water partition coefficient (Wildman–Crippen LogP) is 6.11. The Bertz CT molecular complexity index is 1150. The van der Waals surface area contributed by atoms with Crippen LogP contribution in [0.4, 0.5) is 5.69 Å². The number of hydrogen-bond acceptors (Lipinski definition) is 4. The Morgan fingerprint density at radius 3 is 2.27 bits per heavy atom. The molecule has 8 heteroatoms. The van der Waals surface area contributed by atoms with E-state index in [0.717, 1.165) is 25.8 Å². The molecule has 1 atom stereocenters. The summed E-state index contributed by atoms with van der Waals surface area (Å²) in [5, 5.41) is 17.2. The molecule has 0 aliphatic carbocycles. The van der Waals surface area contributed by atoms with Crippen LogP contribution in [-0.2, 0) is 0 Å². The molecule has 0 aromatic heterocycles. The fraction of sp³-hybridized carbons (Fsp3) is 0.0909. The quantitative estimate of drug-likeness (QED) is 0.303. The number of nitro benzene ring substituents is 1. The molecule has 0 N–H and O–H groups in total. The smallest absolute Gasteiger partial charge is 0.267 e. The lowest BCUT2D eigenvalue weighted by Crippen LogP contribution is -2.27. The zero-order valence-corrected chi connectivity index (χ0v) is 18.7. The molecule has 0 bridgehead atoms. The van der Waals surface area contributed by atoms with Crippen molar-refractivity contribution in [2.45, 2.75) is 12.5 Å². The highest BCUT2D eigenvalue weighted by Gasteiger charge is 2.34. The second kappa shape index (κ2) is 8.49. The Morgan fingerprint density at radius 2 is 1.63 bits per heavy atom. The summed E-state index contributed by atoms with van der Waals surface area (Å²) in [6.45, 7) is 0. The summed E-state index contributed by atoms with van der Waals surface area (Å²) in [6.07, 6.45) is 0.546. The first kappa shape index (κ1) is 20.4. The average molecular weight is 529 g/mol. The number of nitro groups is 1. The van der Waals surface area contributed by atoms with Crippen molar-refractivity contribution in [1.29, 1.82) is 0 Å². The van der Waals surface area contributed by atoms with Crippen LogP contribution >= 0.6 is 31.9 Å². The molecule has 0 saturated carbocycles. The number of non-ortho nitro benzene ring substituents is 1. The summed E-state index contributed by atoms with van der Waals surface area (Å²) in [5.74, 6) is -0.376. The Balaban J connectivity index is 1.74. The van der Waals surface area contributed by atoms with Gasteiger partial charge in [0.25, 0.3) is 11.6 Å². The van der Waals surface area contributed by atoms with E-state index < -0.39 is 4.92 Å². The zero-order chi connectivity index (χ0) is 21.3. The molecule has 3 aromatic rings. The van der Waals surface area contributed by atoms with Crippen molar-refractivity contribution in [1.82, 2.24) is 5.01 Å². The highest BCUT2D eigenvalue weighted by atomic mass is 79.9. The van der Waals surface area contributed by atoms with Crippen LogP contribution in [0.3, 0.4) is 0 Å². The van der Waals surface area contributed by atoms with Crippen molar-refractivity contribution in [3.05, 3.63) is 109 Å². The van der Waals surface area contributed by atoms with E-state index in [4.69, 9.17) is 0 Å². The molecular formula is C22H15Br2N3O3. The summed E-state index contributed by atoms with van der Waals surface area (Å²) in [7, 11) is 0. The normalized spacial score (nSPS) is 15.7. The number of hydrazone groups is 1. The number of benzene rings is 3. The Morgan fingerprint density at radius 1 is 1.00 bits per heavy atom. The third-order valence-electron chi connectivity index (χ3n) is 4.85. The van der Waals surface area contributed by atoms with Gasteiger partial charge in [-0.2, -0.15) is 5.10 Å².